The van der Waals surface area contributed by atoms with Gasteiger partial charge in [-0.1, -0.05) is 0 Å². The molecule has 2 aliphatic rings. The molecule has 2 aliphatic heterocycles. The highest BCUT2D eigenvalue weighted by molar-refractivity contribution is 5.77. The van der Waals surface area contributed by atoms with E-state index in [4.69, 9.17) is 9.47 Å². The highest BCUT2D eigenvalue weighted by Crippen LogP contribution is 2.07. The van der Waals surface area contributed by atoms with E-state index < -0.39 is 0 Å². The van der Waals surface area contributed by atoms with Crippen molar-refractivity contribution in [3.8, 4) is 0 Å². The van der Waals surface area contributed by atoms with Crippen LogP contribution in [0.2, 0.25) is 0 Å². The molecule has 6 heteroatoms. The minimum atomic E-state index is -0.300. The lowest BCUT2D eigenvalue weighted by Gasteiger charge is -2.29. The first-order valence-electron chi connectivity index (χ1n) is 6.04. The molecule has 0 aromatic carbocycles. The molecule has 0 unspecified atom stereocenters. The maximum absolute atomic E-state index is 11.8. The van der Waals surface area contributed by atoms with Gasteiger partial charge in [0.1, 0.15) is 0 Å². The standard InChI is InChI=1S/C11H18N2O4/c14-10(12-5-8-16-9-6-12)2-4-13-3-1-7-17-11(13)15/h1-9H2. The molecule has 0 saturated carbocycles. The van der Waals surface area contributed by atoms with Gasteiger partial charge in [-0.25, -0.2) is 4.79 Å². The van der Waals surface area contributed by atoms with Crippen LogP contribution < -0.4 is 0 Å². The van der Waals surface area contributed by atoms with Crippen molar-refractivity contribution in [1.82, 2.24) is 9.80 Å². The number of hydrogen-bond acceptors (Lipinski definition) is 4. The quantitative estimate of drug-likeness (QED) is 0.703. The molecule has 0 bridgehead atoms. The van der Waals surface area contributed by atoms with Gasteiger partial charge in [-0.2, -0.15) is 0 Å². The Kier molecular flexibility index (Phi) is 4.19. The molecule has 2 fully saturated rings. The van der Waals surface area contributed by atoms with Crippen LogP contribution in [0.1, 0.15) is 12.8 Å². The van der Waals surface area contributed by atoms with E-state index in [1.165, 1.54) is 0 Å². The van der Waals surface area contributed by atoms with Gasteiger partial charge < -0.3 is 19.3 Å². The van der Waals surface area contributed by atoms with E-state index in [1.54, 1.807) is 9.80 Å². The molecule has 0 aromatic heterocycles. The first kappa shape index (κ1) is 12.2. The van der Waals surface area contributed by atoms with E-state index in [9.17, 15) is 9.59 Å². The molecule has 17 heavy (non-hydrogen) atoms. The number of rotatable bonds is 3. The molecule has 6 nitrogen and oxygen atoms in total. The van der Waals surface area contributed by atoms with E-state index in [1.807, 2.05) is 0 Å². The molecule has 0 aliphatic carbocycles. The fraction of sp³-hybridized carbons (Fsp3) is 0.818. The Hall–Kier alpha value is -1.30. The summed E-state index contributed by atoms with van der Waals surface area (Å²) in [5.74, 6) is 0.0895. The summed E-state index contributed by atoms with van der Waals surface area (Å²) >= 11 is 0. The summed E-state index contributed by atoms with van der Waals surface area (Å²) in [5.41, 5.74) is 0. The monoisotopic (exact) mass is 242 g/mol. The zero-order chi connectivity index (χ0) is 12.1. The SMILES string of the molecule is O=C(CCN1CCCOC1=O)N1CCOCC1. The summed E-state index contributed by atoms with van der Waals surface area (Å²) in [6.45, 7) is 4.17. The number of cyclic esters (lactones) is 1. The van der Waals surface area contributed by atoms with Crippen LogP contribution >= 0.6 is 0 Å². The van der Waals surface area contributed by atoms with Crippen LogP contribution in [0.15, 0.2) is 0 Å². The van der Waals surface area contributed by atoms with E-state index in [0.717, 1.165) is 6.42 Å². The van der Waals surface area contributed by atoms with Crippen LogP contribution in [0, 0.1) is 0 Å². The number of amides is 2. The van der Waals surface area contributed by atoms with Crippen molar-refractivity contribution < 1.29 is 19.1 Å². The van der Waals surface area contributed by atoms with Gasteiger partial charge in [0.05, 0.1) is 19.8 Å². The zero-order valence-corrected chi connectivity index (χ0v) is 9.89. The maximum atomic E-state index is 11.8. The van der Waals surface area contributed by atoms with Gasteiger partial charge in [0.25, 0.3) is 0 Å². The third kappa shape index (κ3) is 3.33. The van der Waals surface area contributed by atoms with Crippen LogP contribution in [-0.2, 0) is 14.3 Å². The van der Waals surface area contributed by atoms with Crippen molar-refractivity contribution >= 4 is 12.0 Å². The average Bonchev–Trinajstić information content (AvgIpc) is 2.38. The fourth-order valence-electron chi connectivity index (χ4n) is 2.00. The number of nitrogens with zero attached hydrogens (tertiary/aromatic N) is 2. The van der Waals surface area contributed by atoms with Crippen molar-refractivity contribution in [3.05, 3.63) is 0 Å². The summed E-state index contributed by atoms with van der Waals surface area (Å²) in [4.78, 5) is 26.6. The smallest absolute Gasteiger partial charge is 0.409 e. The van der Waals surface area contributed by atoms with Crippen molar-refractivity contribution in [3.63, 3.8) is 0 Å². The fourth-order valence-corrected chi connectivity index (χ4v) is 2.00. The topological polar surface area (TPSA) is 59.1 Å². The number of carbonyl (C=O) groups excluding carboxylic acids is 2. The van der Waals surface area contributed by atoms with Crippen LogP contribution in [0.4, 0.5) is 4.79 Å². The number of ether oxygens (including phenoxy) is 2. The van der Waals surface area contributed by atoms with E-state index in [0.29, 0.717) is 52.4 Å². The van der Waals surface area contributed by atoms with E-state index in [-0.39, 0.29) is 12.0 Å². The minimum absolute atomic E-state index is 0.0895. The first-order valence-corrected chi connectivity index (χ1v) is 6.04. The molecule has 96 valence electrons. The van der Waals surface area contributed by atoms with Crippen molar-refractivity contribution in [2.75, 3.05) is 46.0 Å². The van der Waals surface area contributed by atoms with Crippen LogP contribution in [0.25, 0.3) is 0 Å². The van der Waals surface area contributed by atoms with E-state index in [2.05, 4.69) is 0 Å². The summed E-state index contributed by atoms with van der Waals surface area (Å²) in [5, 5.41) is 0. The Morgan fingerprint density at radius 1 is 1.18 bits per heavy atom. The van der Waals surface area contributed by atoms with Crippen molar-refractivity contribution in [2.24, 2.45) is 0 Å². The predicted molar refractivity (Wildman–Crippen MR) is 59.6 cm³/mol. The second kappa shape index (κ2) is 5.86. The van der Waals surface area contributed by atoms with Gasteiger partial charge in [0, 0.05) is 32.6 Å². The van der Waals surface area contributed by atoms with Crippen molar-refractivity contribution in [1.29, 1.82) is 0 Å². The largest absolute Gasteiger partial charge is 0.449 e. The maximum Gasteiger partial charge on any atom is 0.409 e. The molecule has 2 rings (SSSR count). The molecular weight excluding hydrogens is 224 g/mol. The Balaban J connectivity index is 1.73. The summed E-state index contributed by atoms with van der Waals surface area (Å²) in [7, 11) is 0. The van der Waals surface area contributed by atoms with Crippen molar-refractivity contribution in [2.45, 2.75) is 12.8 Å². The molecule has 0 spiro atoms. The molecule has 0 atom stereocenters. The molecular formula is C11H18N2O4. The lowest BCUT2D eigenvalue weighted by molar-refractivity contribution is -0.135. The lowest BCUT2D eigenvalue weighted by Crippen LogP contribution is -2.44. The van der Waals surface area contributed by atoms with Crippen LogP contribution in [0.3, 0.4) is 0 Å². The molecule has 0 radical (unpaired) electrons. The van der Waals surface area contributed by atoms with Crippen LogP contribution in [-0.4, -0.2) is 67.8 Å². The van der Waals surface area contributed by atoms with Gasteiger partial charge >= 0.3 is 6.09 Å². The zero-order valence-electron chi connectivity index (χ0n) is 9.89. The average molecular weight is 242 g/mol. The second-order valence-corrected chi connectivity index (χ2v) is 4.20. The third-order valence-electron chi connectivity index (χ3n) is 3.02. The van der Waals surface area contributed by atoms with Gasteiger partial charge in [-0.05, 0) is 6.42 Å². The predicted octanol–water partition coefficient (Wildman–Crippen LogP) is 0.0776. The molecule has 2 saturated heterocycles. The summed E-state index contributed by atoms with van der Waals surface area (Å²) in [6, 6.07) is 0. The van der Waals surface area contributed by atoms with E-state index >= 15 is 0 Å². The summed E-state index contributed by atoms with van der Waals surface area (Å²) in [6.07, 6.45) is 0.915. The molecule has 0 N–H and O–H groups in total. The minimum Gasteiger partial charge on any atom is -0.449 e. The van der Waals surface area contributed by atoms with Gasteiger partial charge in [-0.15, -0.1) is 0 Å². The lowest BCUT2D eigenvalue weighted by atomic mass is 10.3. The van der Waals surface area contributed by atoms with Gasteiger partial charge in [0.2, 0.25) is 5.91 Å². The summed E-state index contributed by atoms with van der Waals surface area (Å²) < 4.78 is 10.1. The Morgan fingerprint density at radius 3 is 2.65 bits per heavy atom. The normalized spacial score (nSPS) is 21.3. The number of hydrogen-bond donors (Lipinski definition) is 0. The number of morpholine rings is 1. The Morgan fingerprint density at radius 2 is 1.94 bits per heavy atom. The van der Waals surface area contributed by atoms with Gasteiger partial charge in [-0.3, -0.25) is 4.79 Å². The highest BCUT2D eigenvalue weighted by Gasteiger charge is 2.22. The molecule has 0 aromatic rings. The Bertz CT molecular complexity index is 289. The van der Waals surface area contributed by atoms with Crippen LogP contribution in [0.5, 0.6) is 0 Å². The molecule has 2 amide bonds. The second-order valence-electron chi connectivity index (χ2n) is 4.20. The first-order chi connectivity index (χ1) is 8.27. The Labute approximate surface area is 100 Å². The third-order valence-corrected chi connectivity index (χ3v) is 3.02. The molecule has 2 heterocycles. The number of carbonyl (C=O) groups is 2. The highest BCUT2D eigenvalue weighted by atomic mass is 16.6. The van der Waals surface area contributed by atoms with Gasteiger partial charge in [0.15, 0.2) is 0 Å².